The Labute approximate surface area is 114 Å². The maximum absolute atomic E-state index is 11.4. The molecular weight excluding hydrogens is 242 g/mol. The third-order valence-electron chi connectivity index (χ3n) is 3.91. The van der Waals surface area contributed by atoms with Gasteiger partial charge in [0.05, 0.1) is 18.8 Å². The van der Waals surface area contributed by atoms with Gasteiger partial charge in [0, 0.05) is 18.8 Å². The number of rotatable bonds is 3. The molecule has 0 spiro atoms. The third-order valence-corrected chi connectivity index (χ3v) is 3.91. The van der Waals surface area contributed by atoms with Crippen LogP contribution >= 0.6 is 0 Å². The van der Waals surface area contributed by atoms with E-state index in [0.29, 0.717) is 11.6 Å². The Bertz CT molecular complexity index is 422. The minimum atomic E-state index is -0.310. The standard InChI is InChI=1S/C15H21NO3/c1-16(13-7-9-14(17)10-8-13)12-5-3-11(4-6-12)15(18)19-2/h3-6,13-14,17H,7-10H2,1-2H3. The molecule has 1 aliphatic carbocycles. The van der Waals surface area contributed by atoms with Gasteiger partial charge in [-0.3, -0.25) is 0 Å². The van der Waals surface area contributed by atoms with Gasteiger partial charge in [0.2, 0.25) is 0 Å². The van der Waals surface area contributed by atoms with Crippen LogP contribution in [0.1, 0.15) is 36.0 Å². The Hall–Kier alpha value is -1.55. The van der Waals surface area contributed by atoms with Gasteiger partial charge in [0.1, 0.15) is 0 Å². The normalized spacial score (nSPS) is 22.9. The van der Waals surface area contributed by atoms with Crippen molar-refractivity contribution < 1.29 is 14.6 Å². The summed E-state index contributed by atoms with van der Waals surface area (Å²) >= 11 is 0. The Morgan fingerprint density at radius 2 is 1.79 bits per heavy atom. The lowest BCUT2D eigenvalue weighted by atomic mass is 9.92. The zero-order valence-electron chi connectivity index (χ0n) is 11.5. The first-order chi connectivity index (χ1) is 9.11. The van der Waals surface area contributed by atoms with Crippen molar-refractivity contribution in [1.82, 2.24) is 0 Å². The van der Waals surface area contributed by atoms with Crippen molar-refractivity contribution in [3.63, 3.8) is 0 Å². The van der Waals surface area contributed by atoms with E-state index in [1.165, 1.54) is 7.11 Å². The second-order valence-corrected chi connectivity index (χ2v) is 5.11. The number of ether oxygens (including phenoxy) is 1. The molecule has 1 N–H and O–H groups in total. The molecule has 0 aliphatic heterocycles. The minimum Gasteiger partial charge on any atom is -0.465 e. The second kappa shape index (κ2) is 6.06. The van der Waals surface area contributed by atoms with E-state index >= 15 is 0 Å². The van der Waals surface area contributed by atoms with Gasteiger partial charge in [-0.2, -0.15) is 0 Å². The number of aliphatic hydroxyl groups is 1. The molecule has 0 atom stereocenters. The highest BCUT2D eigenvalue weighted by molar-refractivity contribution is 5.89. The van der Waals surface area contributed by atoms with E-state index in [4.69, 9.17) is 0 Å². The Morgan fingerprint density at radius 1 is 1.21 bits per heavy atom. The molecule has 0 bridgehead atoms. The summed E-state index contributed by atoms with van der Waals surface area (Å²) in [6.45, 7) is 0. The first kappa shape index (κ1) is 13.9. The second-order valence-electron chi connectivity index (χ2n) is 5.11. The molecule has 0 aromatic heterocycles. The summed E-state index contributed by atoms with van der Waals surface area (Å²) in [6, 6.07) is 7.92. The van der Waals surface area contributed by atoms with Crippen LogP contribution in [0, 0.1) is 0 Å². The summed E-state index contributed by atoms with van der Waals surface area (Å²) in [5, 5.41) is 9.53. The van der Waals surface area contributed by atoms with Gasteiger partial charge in [0.15, 0.2) is 0 Å². The fraction of sp³-hybridized carbons (Fsp3) is 0.533. The van der Waals surface area contributed by atoms with E-state index in [0.717, 1.165) is 31.4 Å². The van der Waals surface area contributed by atoms with Gasteiger partial charge in [-0.1, -0.05) is 0 Å². The number of aliphatic hydroxyl groups excluding tert-OH is 1. The highest BCUT2D eigenvalue weighted by Crippen LogP contribution is 2.26. The van der Waals surface area contributed by atoms with Gasteiger partial charge in [-0.15, -0.1) is 0 Å². The molecule has 0 radical (unpaired) electrons. The number of nitrogens with zero attached hydrogens (tertiary/aromatic N) is 1. The zero-order valence-corrected chi connectivity index (χ0v) is 11.5. The molecule has 2 rings (SSSR count). The van der Waals surface area contributed by atoms with Crippen molar-refractivity contribution >= 4 is 11.7 Å². The molecule has 0 saturated heterocycles. The van der Waals surface area contributed by atoms with E-state index in [9.17, 15) is 9.90 Å². The fourth-order valence-electron chi connectivity index (χ4n) is 2.61. The Morgan fingerprint density at radius 3 is 2.32 bits per heavy atom. The first-order valence-corrected chi connectivity index (χ1v) is 6.71. The molecule has 0 heterocycles. The van der Waals surface area contributed by atoms with Crippen molar-refractivity contribution in [3.05, 3.63) is 29.8 Å². The van der Waals surface area contributed by atoms with Crippen molar-refractivity contribution in [2.45, 2.75) is 37.8 Å². The van der Waals surface area contributed by atoms with Crippen LogP contribution in [0.5, 0.6) is 0 Å². The summed E-state index contributed by atoms with van der Waals surface area (Å²) < 4.78 is 4.68. The summed E-state index contributed by atoms with van der Waals surface area (Å²) in [4.78, 5) is 13.6. The van der Waals surface area contributed by atoms with Crippen molar-refractivity contribution in [3.8, 4) is 0 Å². The Balaban J connectivity index is 2.03. The third kappa shape index (κ3) is 3.26. The molecular formula is C15H21NO3. The summed E-state index contributed by atoms with van der Waals surface area (Å²) in [6.07, 6.45) is 3.63. The van der Waals surface area contributed by atoms with E-state index in [1.54, 1.807) is 12.1 Å². The zero-order chi connectivity index (χ0) is 13.8. The SMILES string of the molecule is COC(=O)c1ccc(N(C)C2CCC(O)CC2)cc1. The van der Waals surface area contributed by atoms with E-state index in [1.807, 2.05) is 12.1 Å². The van der Waals surface area contributed by atoms with Crippen LogP contribution in [0.2, 0.25) is 0 Å². The maximum Gasteiger partial charge on any atom is 0.337 e. The van der Waals surface area contributed by atoms with Gasteiger partial charge in [-0.05, 0) is 49.9 Å². The van der Waals surface area contributed by atoms with Crippen molar-refractivity contribution in [2.75, 3.05) is 19.1 Å². The van der Waals surface area contributed by atoms with Crippen LogP contribution in [-0.2, 0) is 4.74 Å². The molecule has 1 saturated carbocycles. The number of methoxy groups -OCH3 is 1. The predicted molar refractivity (Wildman–Crippen MR) is 74.4 cm³/mol. The smallest absolute Gasteiger partial charge is 0.337 e. The summed E-state index contributed by atoms with van der Waals surface area (Å²) in [7, 11) is 3.45. The fourth-order valence-corrected chi connectivity index (χ4v) is 2.61. The molecule has 4 nitrogen and oxygen atoms in total. The van der Waals surface area contributed by atoms with Crippen LogP contribution in [0.25, 0.3) is 0 Å². The quantitative estimate of drug-likeness (QED) is 0.849. The molecule has 1 fully saturated rings. The Kier molecular flexibility index (Phi) is 4.43. The lowest BCUT2D eigenvalue weighted by Gasteiger charge is -2.34. The van der Waals surface area contributed by atoms with Gasteiger partial charge >= 0.3 is 5.97 Å². The molecule has 0 amide bonds. The topological polar surface area (TPSA) is 49.8 Å². The minimum absolute atomic E-state index is 0.133. The summed E-state index contributed by atoms with van der Waals surface area (Å²) in [5.74, 6) is -0.310. The van der Waals surface area contributed by atoms with Crippen molar-refractivity contribution in [2.24, 2.45) is 0 Å². The summed E-state index contributed by atoms with van der Waals surface area (Å²) in [5.41, 5.74) is 1.66. The highest BCUT2D eigenvalue weighted by Gasteiger charge is 2.22. The van der Waals surface area contributed by atoms with Crippen LogP contribution in [-0.4, -0.2) is 37.4 Å². The number of carbonyl (C=O) groups excluding carboxylic acids is 1. The van der Waals surface area contributed by atoms with Crippen molar-refractivity contribution in [1.29, 1.82) is 0 Å². The first-order valence-electron chi connectivity index (χ1n) is 6.71. The number of benzene rings is 1. The van der Waals surface area contributed by atoms with Gasteiger partial charge in [-0.25, -0.2) is 4.79 Å². The van der Waals surface area contributed by atoms with E-state index < -0.39 is 0 Å². The molecule has 0 unspecified atom stereocenters. The number of anilines is 1. The van der Waals surface area contributed by atoms with Gasteiger partial charge in [0.25, 0.3) is 0 Å². The average molecular weight is 263 g/mol. The maximum atomic E-state index is 11.4. The number of carbonyl (C=O) groups is 1. The van der Waals surface area contributed by atoms with Crippen LogP contribution in [0.4, 0.5) is 5.69 Å². The molecule has 104 valence electrons. The van der Waals surface area contributed by atoms with E-state index in [-0.39, 0.29) is 12.1 Å². The highest BCUT2D eigenvalue weighted by atomic mass is 16.5. The average Bonchev–Trinajstić information content (AvgIpc) is 2.46. The molecule has 1 aliphatic rings. The molecule has 4 heteroatoms. The van der Waals surface area contributed by atoms with Crippen LogP contribution in [0.3, 0.4) is 0 Å². The van der Waals surface area contributed by atoms with Gasteiger partial charge < -0.3 is 14.7 Å². The largest absolute Gasteiger partial charge is 0.465 e. The predicted octanol–water partition coefficient (Wildman–Crippen LogP) is 2.21. The molecule has 1 aromatic rings. The van der Waals surface area contributed by atoms with Crippen LogP contribution < -0.4 is 4.90 Å². The number of hydrogen-bond acceptors (Lipinski definition) is 4. The number of hydrogen-bond donors (Lipinski definition) is 1. The van der Waals surface area contributed by atoms with Crippen LogP contribution in [0.15, 0.2) is 24.3 Å². The molecule has 1 aromatic carbocycles. The molecule has 19 heavy (non-hydrogen) atoms. The van der Waals surface area contributed by atoms with E-state index in [2.05, 4.69) is 16.7 Å². The lowest BCUT2D eigenvalue weighted by Crippen LogP contribution is -2.36. The monoisotopic (exact) mass is 263 g/mol. The lowest BCUT2D eigenvalue weighted by molar-refractivity contribution is 0.0600. The number of esters is 1.